The zero-order valence-electron chi connectivity index (χ0n) is 8.42. The molecule has 3 rings (SSSR count). The minimum atomic E-state index is 0.356. The van der Waals surface area contributed by atoms with Gasteiger partial charge in [0.05, 0.1) is 21.9 Å². The normalized spacial score (nSPS) is 10.6. The second-order valence-corrected chi connectivity index (χ2v) is 4.22. The third kappa shape index (κ3) is 1.50. The molecule has 0 fully saturated rings. The number of imidazole rings is 1. The lowest BCUT2D eigenvalue weighted by molar-refractivity contribution is 1.07. The van der Waals surface area contributed by atoms with Crippen LogP contribution in [0, 0.1) is 11.3 Å². The summed E-state index contributed by atoms with van der Waals surface area (Å²) >= 11 is 3.39. The summed E-state index contributed by atoms with van der Waals surface area (Å²) < 4.78 is 2.54. The Morgan fingerprint density at radius 1 is 1.41 bits per heavy atom. The van der Waals surface area contributed by atoms with Crippen molar-refractivity contribution in [2.45, 2.75) is 0 Å². The Hall–Kier alpha value is -2.20. The lowest BCUT2D eigenvalue weighted by atomic mass is 10.2. The lowest BCUT2D eigenvalue weighted by Gasteiger charge is -2.00. The van der Waals surface area contributed by atoms with Crippen molar-refractivity contribution < 1.29 is 0 Å². The SMILES string of the molecule is N#Cc1cn2cncc(-c3[nH]ncc3Br)c2n1. The molecule has 0 unspecified atom stereocenters. The Bertz CT molecular complexity index is 735. The highest BCUT2D eigenvalue weighted by Gasteiger charge is 2.12. The number of halogens is 1. The molecule has 82 valence electrons. The molecule has 0 aliphatic carbocycles. The van der Waals surface area contributed by atoms with Gasteiger partial charge < -0.3 is 0 Å². The van der Waals surface area contributed by atoms with E-state index in [1.807, 2.05) is 6.07 Å². The number of nitriles is 1. The van der Waals surface area contributed by atoms with E-state index in [-0.39, 0.29) is 0 Å². The topological polar surface area (TPSA) is 82.7 Å². The van der Waals surface area contributed by atoms with Crippen LogP contribution >= 0.6 is 15.9 Å². The molecule has 17 heavy (non-hydrogen) atoms. The Labute approximate surface area is 104 Å². The maximum absolute atomic E-state index is 8.84. The summed E-state index contributed by atoms with van der Waals surface area (Å²) in [6.45, 7) is 0. The Kier molecular flexibility index (Phi) is 2.16. The molecule has 0 bridgehead atoms. The molecule has 0 aliphatic rings. The largest absolute Gasteiger partial charge is 0.288 e. The van der Waals surface area contributed by atoms with Crippen molar-refractivity contribution in [2.24, 2.45) is 0 Å². The van der Waals surface area contributed by atoms with Gasteiger partial charge in [-0.05, 0) is 15.9 Å². The standard InChI is InChI=1S/C10H5BrN6/c11-8-3-14-16-9(8)7-2-13-5-17-4-6(1-12)15-10(7)17/h2-5H,(H,14,16). The quantitative estimate of drug-likeness (QED) is 0.739. The lowest BCUT2D eigenvalue weighted by Crippen LogP contribution is -1.90. The molecule has 7 heteroatoms. The summed E-state index contributed by atoms with van der Waals surface area (Å²) in [5, 5.41) is 15.6. The monoisotopic (exact) mass is 288 g/mol. The number of fused-ring (bicyclic) bond motifs is 1. The summed E-state index contributed by atoms with van der Waals surface area (Å²) in [6.07, 6.45) is 6.59. The van der Waals surface area contributed by atoms with Crippen LogP contribution in [0.5, 0.6) is 0 Å². The van der Waals surface area contributed by atoms with Gasteiger partial charge in [-0.15, -0.1) is 0 Å². The third-order valence-electron chi connectivity index (χ3n) is 2.34. The van der Waals surface area contributed by atoms with Gasteiger partial charge in [-0.1, -0.05) is 0 Å². The first kappa shape index (κ1) is 9.99. The number of aromatic nitrogens is 5. The van der Waals surface area contributed by atoms with Crippen molar-refractivity contribution in [1.82, 2.24) is 24.6 Å². The average molecular weight is 289 g/mol. The molecule has 1 N–H and O–H groups in total. The predicted molar refractivity (Wildman–Crippen MR) is 63.0 cm³/mol. The number of nitrogens with zero attached hydrogens (tertiary/aromatic N) is 5. The number of hydrogen-bond donors (Lipinski definition) is 1. The molecule has 3 aromatic rings. The molecule has 3 aromatic heterocycles. The van der Waals surface area contributed by atoms with Crippen LogP contribution in [-0.2, 0) is 0 Å². The average Bonchev–Trinajstić information content (AvgIpc) is 2.93. The van der Waals surface area contributed by atoms with Crippen molar-refractivity contribution in [3.8, 4) is 17.3 Å². The van der Waals surface area contributed by atoms with Crippen LogP contribution in [0.2, 0.25) is 0 Å². The summed E-state index contributed by atoms with van der Waals surface area (Å²) in [4.78, 5) is 8.32. The summed E-state index contributed by atoms with van der Waals surface area (Å²) in [6, 6.07) is 2.01. The Morgan fingerprint density at radius 2 is 2.29 bits per heavy atom. The highest BCUT2D eigenvalue weighted by molar-refractivity contribution is 9.10. The van der Waals surface area contributed by atoms with E-state index >= 15 is 0 Å². The van der Waals surface area contributed by atoms with Gasteiger partial charge in [-0.3, -0.25) is 9.50 Å². The van der Waals surface area contributed by atoms with Gasteiger partial charge in [-0.25, -0.2) is 9.97 Å². The fourth-order valence-corrected chi connectivity index (χ4v) is 2.01. The molecule has 0 radical (unpaired) electrons. The maximum Gasteiger partial charge on any atom is 0.159 e. The number of aromatic amines is 1. The number of rotatable bonds is 1. The Morgan fingerprint density at radius 3 is 3.00 bits per heavy atom. The van der Waals surface area contributed by atoms with Gasteiger partial charge in [0, 0.05) is 12.4 Å². The molecule has 0 amide bonds. The number of nitrogens with one attached hydrogen (secondary N) is 1. The minimum absolute atomic E-state index is 0.356. The summed E-state index contributed by atoms with van der Waals surface area (Å²) in [7, 11) is 0. The van der Waals surface area contributed by atoms with Crippen LogP contribution in [0.4, 0.5) is 0 Å². The van der Waals surface area contributed by atoms with E-state index in [2.05, 4.69) is 36.1 Å². The molecule has 0 saturated carbocycles. The van der Waals surface area contributed by atoms with Gasteiger partial charge in [0.1, 0.15) is 12.4 Å². The van der Waals surface area contributed by atoms with Gasteiger partial charge in [0.15, 0.2) is 11.3 Å². The summed E-state index contributed by atoms with van der Waals surface area (Å²) in [5.41, 5.74) is 2.60. The number of H-pyrrole nitrogens is 1. The van der Waals surface area contributed by atoms with Crippen LogP contribution < -0.4 is 0 Å². The smallest absolute Gasteiger partial charge is 0.159 e. The van der Waals surface area contributed by atoms with E-state index in [9.17, 15) is 0 Å². The van der Waals surface area contributed by atoms with Gasteiger partial charge in [0.2, 0.25) is 0 Å². The van der Waals surface area contributed by atoms with Crippen molar-refractivity contribution >= 4 is 21.6 Å². The van der Waals surface area contributed by atoms with Gasteiger partial charge in [0.25, 0.3) is 0 Å². The van der Waals surface area contributed by atoms with Gasteiger partial charge in [-0.2, -0.15) is 10.4 Å². The van der Waals surface area contributed by atoms with Crippen molar-refractivity contribution in [3.05, 3.63) is 35.1 Å². The van der Waals surface area contributed by atoms with E-state index in [0.29, 0.717) is 11.3 Å². The van der Waals surface area contributed by atoms with Crippen LogP contribution in [0.1, 0.15) is 5.69 Å². The zero-order valence-corrected chi connectivity index (χ0v) is 10.0. The molecule has 6 nitrogen and oxygen atoms in total. The zero-order chi connectivity index (χ0) is 11.8. The predicted octanol–water partition coefficient (Wildman–Crippen LogP) is 1.75. The van der Waals surface area contributed by atoms with Crippen LogP contribution in [0.15, 0.2) is 29.4 Å². The highest BCUT2D eigenvalue weighted by Crippen LogP contribution is 2.27. The van der Waals surface area contributed by atoms with E-state index in [0.717, 1.165) is 15.7 Å². The maximum atomic E-state index is 8.84. The van der Waals surface area contributed by atoms with E-state index in [4.69, 9.17) is 5.26 Å². The molecular formula is C10H5BrN6. The molecule has 0 saturated heterocycles. The van der Waals surface area contributed by atoms with Crippen molar-refractivity contribution in [1.29, 1.82) is 5.26 Å². The molecule has 0 atom stereocenters. The first-order valence-electron chi connectivity index (χ1n) is 4.71. The van der Waals surface area contributed by atoms with Gasteiger partial charge >= 0.3 is 0 Å². The first-order chi connectivity index (χ1) is 8.29. The van der Waals surface area contributed by atoms with E-state index in [1.165, 1.54) is 0 Å². The number of hydrogen-bond acceptors (Lipinski definition) is 4. The third-order valence-corrected chi connectivity index (χ3v) is 2.95. The highest BCUT2D eigenvalue weighted by atomic mass is 79.9. The van der Waals surface area contributed by atoms with E-state index < -0.39 is 0 Å². The molecule has 0 aliphatic heterocycles. The summed E-state index contributed by atoms with van der Waals surface area (Å²) in [5.74, 6) is 0. The first-order valence-corrected chi connectivity index (χ1v) is 5.51. The molecular weight excluding hydrogens is 284 g/mol. The second-order valence-electron chi connectivity index (χ2n) is 3.37. The fourth-order valence-electron chi connectivity index (χ4n) is 1.61. The van der Waals surface area contributed by atoms with Crippen LogP contribution in [0.3, 0.4) is 0 Å². The Balaban J connectivity index is 2.34. The second kappa shape index (κ2) is 3.68. The molecule has 3 heterocycles. The fraction of sp³-hybridized carbons (Fsp3) is 0. The molecule has 0 spiro atoms. The van der Waals surface area contributed by atoms with E-state index in [1.54, 1.807) is 29.3 Å². The minimum Gasteiger partial charge on any atom is -0.288 e. The van der Waals surface area contributed by atoms with Crippen molar-refractivity contribution in [2.75, 3.05) is 0 Å². The van der Waals surface area contributed by atoms with Crippen LogP contribution in [-0.4, -0.2) is 24.6 Å². The van der Waals surface area contributed by atoms with Crippen LogP contribution in [0.25, 0.3) is 16.9 Å². The molecule has 0 aromatic carbocycles. The van der Waals surface area contributed by atoms with Crippen molar-refractivity contribution in [3.63, 3.8) is 0 Å².